The first-order chi connectivity index (χ1) is 7.03. The molecule has 6 heteroatoms. The predicted molar refractivity (Wildman–Crippen MR) is 61.0 cm³/mol. The average Bonchev–Trinajstić information content (AvgIpc) is 2.58. The van der Waals surface area contributed by atoms with E-state index in [1.54, 1.807) is 0 Å². The van der Waals surface area contributed by atoms with Crippen LogP contribution in [0.5, 0.6) is 0 Å². The van der Waals surface area contributed by atoms with Crippen LogP contribution >= 0.6 is 0 Å². The van der Waals surface area contributed by atoms with Gasteiger partial charge in [0, 0.05) is 19.1 Å². The average molecular weight is 235 g/mol. The maximum atomic E-state index is 10.8. The van der Waals surface area contributed by atoms with Gasteiger partial charge in [-0.1, -0.05) is 6.42 Å². The lowest BCUT2D eigenvalue weighted by molar-refractivity contribution is 0.410. The number of hydrogen-bond donors (Lipinski definition) is 3. The number of rotatable bonds is 6. The zero-order valence-electron chi connectivity index (χ0n) is 9.20. The van der Waals surface area contributed by atoms with E-state index >= 15 is 0 Å². The van der Waals surface area contributed by atoms with Gasteiger partial charge in [0.15, 0.2) is 0 Å². The molecule has 0 aliphatic heterocycles. The molecule has 1 aliphatic carbocycles. The normalized spacial score (nSPS) is 27.1. The van der Waals surface area contributed by atoms with Crippen LogP contribution in [-0.4, -0.2) is 40.3 Å². The molecule has 0 aromatic heterocycles. The Kier molecular flexibility index (Phi) is 4.98. The Morgan fingerprint density at radius 3 is 2.67 bits per heavy atom. The maximum absolute atomic E-state index is 10.8. The van der Waals surface area contributed by atoms with Crippen molar-refractivity contribution in [2.24, 2.45) is 11.7 Å². The van der Waals surface area contributed by atoms with Gasteiger partial charge in [-0.3, -0.25) is 0 Å². The van der Waals surface area contributed by atoms with Crippen LogP contribution in [0.3, 0.4) is 0 Å². The van der Waals surface area contributed by atoms with E-state index in [0.717, 1.165) is 13.0 Å². The number of nitrogens with one attached hydrogen (secondary N) is 2. The molecule has 1 saturated carbocycles. The minimum Gasteiger partial charge on any atom is -0.330 e. The molecule has 0 spiro atoms. The standard InChI is InChI=1S/C9H21N3O2S/c1-15(13,14)12-6-5-11-9-4-2-3-8(9)7-10/h8-9,11-12H,2-7,10H2,1H3. The van der Waals surface area contributed by atoms with Crippen LogP contribution in [0.2, 0.25) is 0 Å². The summed E-state index contributed by atoms with van der Waals surface area (Å²) in [5, 5.41) is 3.35. The van der Waals surface area contributed by atoms with Crippen molar-refractivity contribution in [3.05, 3.63) is 0 Å². The van der Waals surface area contributed by atoms with Crippen LogP contribution in [0, 0.1) is 5.92 Å². The first-order valence-corrected chi connectivity index (χ1v) is 7.30. The molecular formula is C9H21N3O2S. The van der Waals surface area contributed by atoms with Gasteiger partial charge in [0.05, 0.1) is 6.26 Å². The highest BCUT2D eigenvalue weighted by Crippen LogP contribution is 2.24. The number of hydrogen-bond acceptors (Lipinski definition) is 4. The van der Waals surface area contributed by atoms with Gasteiger partial charge in [-0.05, 0) is 25.3 Å². The fourth-order valence-electron chi connectivity index (χ4n) is 2.08. The summed E-state index contributed by atoms with van der Waals surface area (Å²) >= 11 is 0. The van der Waals surface area contributed by atoms with Crippen LogP contribution in [0.4, 0.5) is 0 Å². The smallest absolute Gasteiger partial charge is 0.208 e. The summed E-state index contributed by atoms with van der Waals surface area (Å²) in [4.78, 5) is 0. The van der Waals surface area contributed by atoms with Gasteiger partial charge >= 0.3 is 0 Å². The molecular weight excluding hydrogens is 214 g/mol. The Balaban J connectivity index is 2.15. The third-order valence-electron chi connectivity index (χ3n) is 2.86. The molecule has 4 N–H and O–H groups in total. The third kappa shape index (κ3) is 4.92. The second-order valence-electron chi connectivity index (χ2n) is 4.15. The van der Waals surface area contributed by atoms with Crippen molar-refractivity contribution < 1.29 is 8.42 Å². The second-order valence-corrected chi connectivity index (χ2v) is 5.99. The lowest BCUT2D eigenvalue weighted by atomic mass is 10.0. The molecule has 1 fully saturated rings. The Bertz CT molecular complexity index is 279. The topological polar surface area (TPSA) is 84.2 Å². The molecule has 0 bridgehead atoms. The molecule has 0 saturated heterocycles. The van der Waals surface area contributed by atoms with Gasteiger partial charge in [-0.2, -0.15) is 0 Å². The van der Waals surface area contributed by atoms with E-state index in [0.29, 0.717) is 25.0 Å². The Labute approximate surface area is 91.9 Å². The minimum atomic E-state index is -3.05. The van der Waals surface area contributed by atoms with E-state index in [2.05, 4.69) is 10.0 Å². The molecule has 1 aliphatic rings. The Hall–Kier alpha value is -0.170. The molecule has 0 amide bonds. The van der Waals surface area contributed by atoms with Crippen LogP contribution in [-0.2, 0) is 10.0 Å². The van der Waals surface area contributed by atoms with E-state index in [1.165, 1.54) is 19.1 Å². The van der Waals surface area contributed by atoms with E-state index < -0.39 is 10.0 Å². The summed E-state index contributed by atoms with van der Waals surface area (Å²) in [7, 11) is -3.05. The quantitative estimate of drug-likeness (QED) is 0.529. The van der Waals surface area contributed by atoms with Crippen LogP contribution in [0.25, 0.3) is 0 Å². The predicted octanol–water partition coefficient (Wildman–Crippen LogP) is -0.747. The Morgan fingerprint density at radius 2 is 2.07 bits per heavy atom. The van der Waals surface area contributed by atoms with E-state index in [9.17, 15) is 8.42 Å². The van der Waals surface area contributed by atoms with E-state index in [1.807, 2.05) is 0 Å². The molecule has 2 unspecified atom stereocenters. The van der Waals surface area contributed by atoms with Gasteiger partial charge in [0.2, 0.25) is 10.0 Å². The lowest BCUT2D eigenvalue weighted by Crippen LogP contribution is -2.40. The number of nitrogens with two attached hydrogens (primary N) is 1. The fourth-order valence-corrected chi connectivity index (χ4v) is 2.55. The first kappa shape index (κ1) is 12.9. The maximum Gasteiger partial charge on any atom is 0.208 e. The number of sulfonamides is 1. The monoisotopic (exact) mass is 235 g/mol. The molecule has 0 aromatic rings. The summed E-state index contributed by atoms with van der Waals surface area (Å²) in [6.45, 7) is 1.85. The molecule has 0 aromatic carbocycles. The van der Waals surface area contributed by atoms with Gasteiger partial charge in [0.1, 0.15) is 0 Å². The summed E-state index contributed by atoms with van der Waals surface area (Å²) in [6, 6.07) is 0.469. The summed E-state index contributed by atoms with van der Waals surface area (Å²) < 4.78 is 24.0. The fraction of sp³-hybridized carbons (Fsp3) is 1.00. The van der Waals surface area contributed by atoms with E-state index in [4.69, 9.17) is 5.73 Å². The lowest BCUT2D eigenvalue weighted by Gasteiger charge is -2.19. The second kappa shape index (κ2) is 5.79. The summed E-state index contributed by atoms with van der Waals surface area (Å²) in [5.41, 5.74) is 5.65. The molecule has 5 nitrogen and oxygen atoms in total. The Morgan fingerprint density at radius 1 is 1.33 bits per heavy atom. The van der Waals surface area contributed by atoms with Gasteiger partial charge < -0.3 is 11.1 Å². The largest absolute Gasteiger partial charge is 0.330 e. The van der Waals surface area contributed by atoms with Gasteiger partial charge in [-0.25, -0.2) is 13.1 Å². The highest BCUT2D eigenvalue weighted by molar-refractivity contribution is 7.88. The SMILES string of the molecule is CS(=O)(=O)NCCNC1CCCC1CN. The van der Waals surface area contributed by atoms with Crippen molar-refractivity contribution >= 4 is 10.0 Å². The molecule has 15 heavy (non-hydrogen) atoms. The molecule has 90 valence electrons. The summed E-state index contributed by atoms with van der Waals surface area (Å²) in [6.07, 6.45) is 4.73. The van der Waals surface area contributed by atoms with Crippen molar-refractivity contribution in [3.8, 4) is 0 Å². The van der Waals surface area contributed by atoms with Crippen molar-refractivity contribution in [2.45, 2.75) is 25.3 Å². The zero-order chi connectivity index (χ0) is 11.3. The van der Waals surface area contributed by atoms with Crippen molar-refractivity contribution in [2.75, 3.05) is 25.9 Å². The first-order valence-electron chi connectivity index (χ1n) is 5.41. The van der Waals surface area contributed by atoms with Crippen LogP contribution < -0.4 is 15.8 Å². The highest BCUT2D eigenvalue weighted by atomic mass is 32.2. The minimum absolute atomic E-state index is 0.451. The van der Waals surface area contributed by atoms with Crippen molar-refractivity contribution in [3.63, 3.8) is 0 Å². The molecule has 0 radical (unpaired) electrons. The van der Waals surface area contributed by atoms with Crippen molar-refractivity contribution in [1.82, 2.24) is 10.0 Å². The molecule has 0 heterocycles. The van der Waals surface area contributed by atoms with Crippen molar-refractivity contribution in [1.29, 1.82) is 0 Å². The summed E-state index contributed by atoms with van der Waals surface area (Å²) in [5.74, 6) is 0.559. The molecule has 1 rings (SSSR count). The third-order valence-corrected chi connectivity index (χ3v) is 3.59. The van der Waals surface area contributed by atoms with E-state index in [-0.39, 0.29) is 0 Å². The van der Waals surface area contributed by atoms with Crippen LogP contribution in [0.1, 0.15) is 19.3 Å². The zero-order valence-corrected chi connectivity index (χ0v) is 10.0. The van der Waals surface area contributed by atoms with Crippen LogP contribution in [0.15, 0.2) is 0 Å². The van der Waals surface area contributed by atoms with Gasteiger partial charge in [-0.15, -0.1) is 0 Å². The molecule has 2 atom stereocenters. The highest BCUT2D eigenvalue weighted by Gasteiger charge is 2.24. The van der Waals surface area contributed by atoms with Gasteiger partial charge in [0.25, 0.3) is 0 Å².